The Hall–Kier alpha value is -3.02. The zero-order valence-electron chi connectivity index (χ0n) is 14.6. The SMILES string of the molecule is CCOc1ccccc1OCC(=O)Nc1cccc(C(=O)N(C)C)c1. The molecule has 6 nitrogen and oxygen atoms in total. The van der Waals surface area contributed by atoms with Gasteiger partial charge < -0.3 is 19.7 Å². The highest BCUT2D eigenvalue weighted by atomic mass is 16.5. The highest BCUT2D eigenvalue weighted by molar-refractivity contribution is 5.97. The van der Waals surface area contributed by atoms with E-state index in [0.29, 0.717) is 29.4 Å². The summed E-state index contributed by atoms with van der Waals surface area (Å²) in [7, 11) is 3.36. The van der Waals surface area contributed by atoms with Crippen molar-refractivity contribution >= 4 is 17.5 Å². The molecule has 0 saturated carbocycles. The number of para-hydroxylation sites is 2. The number of amides is 2. The molecule has 2 rings (SSSR count). The minimum absolute atomic E-state index is 0.127. The molecule has 2 aromatic rings. The molecule has 0 aliphatic carbocycles. The number of benzene rings is 2. The monoisotopic (exact) mass is 342 g/mol. The van der Waals surface area contributed by atoms with Crippen LogP contribution < -0.4 is 14.8 Å². The summed E-state index contributed by atoms with van der Waals surface area (Å²) in [4.78, 5) is 25.5. The number of hydrogen-bond acceptors (Lipinski definition) is 4. The topological polar surface area (TPSA) is 67.9 Å². The number of ether oxygens (including phenoxy) is 2. The molecule has 2 aromatic carbocycles. The summed E-state index contributed by atoms with van der Waals surface area (Å²) in [6, 6.07) is 14.0. The molecule has 0 aliphatic rings. The lowest BCUT2D eigenvalue weighted by molar-refractivity contribution is -0.118. The fraction of sp³-hybridized carbons (Fsp3) is 0.263. The summed E-state index contributed by atoms with van der Waals surface area (Å²) >= 11 is 0. The third-order valence-corrected chi connectivity index (χ3v) is 3.31. The minimum atomic E-state index is -0.319. The molecular formula is C19H22N2O4. The van der Waals surface area contributed by atoms with Gasteiger partial charge in [-0.1, -0.05) is 18.2 Å². The molecule has 2 amide bonds. The maximum Gasteiger partial charge on any atom is 0.262 e. The summed E-state index contributed by atoms with van der Waals surface area (Å²) in [5.74, 6) is 0.658. The Morgan fingerprint density at radius 1 is 1.00 bits per heavy atom. The second kappa shape index (κ2) is 8.73. The van der Waals surface area contributed by atoms with Crippen molar-refractivity contribution in [3.63, 3.8) is 0 Å². The smallest absolute Gasteiger partial charge is 0.262 e. The van der Waals surface area contributed by atoms with Crippen molar-refractivity contribution < 1.29 is 19.1 Å². The van der Waals surface area contributed by atoms with Gasteiger partial charge in [0.15, 0.2) is 18.1 Å². The molecule has 0 unspecified atom stereocenters. The Morgan fingerprint density at radius 2 is 1.68 bits per heavy atom. The number of carbonyl (C=O) groups is 2. The Morgan fingerprint density at radius 3 is 2.32 bits per heavy atom. The predicted molar refractivity (Wildman–Crippen MR) is 96.2 cm³/mol. The van der Waals surface area contributed by atoms with Gasteiger partial charge in [-0.15, -0.1) is 0 Å². The molecule has 0 atom stereocenters. The average molecular weight is 342 g/mol. The van der Waals surface area contributed by atoms with Crippen molar-refractivity contribution in [2.75, 3.05) is 32.6 Å². The molecule has 132 valence electrons. The van der Waals surface area contributed by atoms with E-state index in [0.717, 1.165) is 0 Å². The Bertz CT molecular complexity index is 744. The number of hydrogen-bond donors (Lipinski definition) is 1. The van der Waals surface area contributed by atoms with Gasteiger partial charge in [-0.05, 0) is 37.3 Å². The van der Waals surface area contributed by atoms with Crippen molar-refractivity contribution in [1.82, 2.24) is 4.90 Å². The fourth-order valence-electron chi connectivity index (χ4n) is 2.17. The molecule has 0 spiro atoms. The molecule has 0 aromatic heterocycles. The van der Waals surface area contributed by atoms with Crippen LogP contribution in [-0.4, -0.2) is 44.0 Å². The van der Waals surface area contributed by atoms with Gasteiger partial charge in [-0.3, -0.25) is 9.59 Å². The first-order valence-electron chi connectivity index (χ1n) is 7.97. The Kier molecular flexibility index (Phi) is 6.39. The highest BCUT2D eigenvalue weighted by Gasteiger charge is 2.11. The lowest BCUT2D eigenvalue weighted by atomic mass is 10.2. The van der Waals surface area contributed by atoms with Crippen molar-refractivity contribution in [2.45, 2.75) is 6.92 Å². The second-order valence-corrected chi connectivity index (χ2v) is 5.50. The quantitative estimate of drug-likeness (QED) is 0.840. The Balaban J connectivity index is 1.97. The van der Waals surface area contributed by atoms with Crippen LogP contribution in [0.15, 0.2) is 48.5 Å². The molecule has 0 bridgehead atoms. The van der Waals surface area contributed by atoms with Gasteiger partial charge in [0.05, 0.1) is 6.61 Å². The van der Waals surface area contributed by atoms with Gasteiger partial charge >= 0.3 is 0 Å². The largest absolute Gasteiger partial charge is 0.490 e. The predicted octanol–water partition coefficient (Wildman–Crippen LogP) is 2.80. The third kappa shape index (κ3) is 5.24. The van der Waals surface area contributed by atoms with Crippen LogP contribution >= 0.6 is 0 Å². The first-order valence-corrected chi connectivity index (χ1v) is 7.97. The third-order valence-electron chi connectivity index (χ3n) is 3.31. The van der Waals surface area contributed by atoms with Crippen molar-refractivity contribution in [3.05, 3.63) is 54.1 Å². The van der Waals surface area contributed by atoms with E-state index in [-0.39, 0.29) is 18.4 Å². The maximum atomic E-state index is 12.1. The van der Waals surface area contributed by atoms with Gasteiger partial charge in [-0.2, -0.15) is 0 Å². The van der Waals surface area contributed by atoms with Gasteiger partial charge in [0.25, 0.3) is 11.8 Å². The molecule has 0 saturated heterocycles. The summed E-state index contributed by atoms with van der Waals surface area (Å²) in [6.45, 7) is 2.24. The molecule has 6 heteroatoms. The number of nitrogens with one attached hydrogen (secondary N) is 1. The molecule has 1 N–H and O–H groups in total. The standard InChI is InChI=1S/C19H22N2O4/c1-4-24-16-10-5-6-11-17(16)25-13-18(22)20-15-9-7-8-14(12-15)19(23)21(2)3/h5-12H,4,13H2,1-3H3,(H,20,22). The van der Waals surface area contributed by atoms with E-state index in [4.69, 9.17) is 9.47 Å². The molecule has 25 heavy (non-hydrogen) atoms. The molecule has 0 aliphatic heterocycles. The zero-order valence-corrected chi connectivity index (χ0v) is 14.6. The van der Waals surface area contributed by atoms with E-state index in [1.807, 2.05) is 19.1 Å². The van der Waals surface area contributed by atoms with Crippen molar-refractivity contribution in [2.24, 2.45) is 0 Å². The zero-order chi connectivity index (χ0) is 18.2. The van der Waals surface area contributed by atoms with Crippen LogP contribution in [0.2, 0.25) is 0 Å². The van der Waals surface area contributed by atoms with Crippen LogP contribution in [0.4, 0.5) is 5.69 Å². The molecular weight excluding hydrogens is 320 g/mol. The van der Waals surface area contributed by atoms with E-state index in [1.54, 1.807) is 50.5 Å². The summed E-state index contributed by atoms with van der Waals surface area (Å²) in [5.41, 5.74) is 1.05. The van der Waals surface area contributed by atoms with Crippen molar-refractivity contribution in [1.29, 1.82) is 0 Å². The van der Waals surface area contributed by atoms with Gasteiger partial charge in [0.2, 0.25) is 0 Å². The number of nitrogens with zero attached hydrogens (tertiary/aromatic N) is 1. The molecule has 0 fully saturated rings. The maximum absolute atomic E-state index is 12.1. The van der Waals surface area contributed by atoms with Gasteiger partial charge in [-0.25, -0.2) is 0 Å². The first kappa shape index (κ1) is 18.3. The van der Waals surface area contributed by atoms with E-state index in [2.05, 4.69) is 5.32 Å². The summed E-state index contributed by atoms with van der Waals surface area (Å²) in [6.07, 6.45) is 0. The van der Waals surface area contributed by atoms with E-state index in [9.17, 15) is 9.59 Å². The Labute approximate surface area is 147 Å². The van der Waals surface area contributed by atoms with Crippen molar-refractivity contribution in [3.8, 4) is 11.5 Å². The van der Waals surface area contributed by atoms with E-state index < -0.39 is 0 Å². The first-order chi connectivity index (χ1) is 12.0. The minimum Gasteiger partial charge on any atom is -0.490 e. The second-order valence-electron chi connectivity index (χ2n) is 5.50. The van der Waals surface area contributed by atoms with E-state index in [1.165, 1.54) is 4.90 Å². The lowest BCUT2D eigenvalue weighted by Crippen LogP contribution is -2.23. The summed E-state index contributed by atoms with van der Waals surface area (Å²) in [5, 5.41) is 2.72. The normalized spacial score (nSPS) is 10.0. The fourth-order valence-corrected chi connectivity index (χ4v) is 2.17. The average Bonchev–Trinajstić information content (AvgIpc) is 2.60. The van der Waals surface area contributed by atoms with Crippen LogP contribution in [0.3, 0.4) is 0 Å². The molecule has 0 radical (unpaired) electrons. The summed E-state index contributed by atoms with van der Waals surface area (Å²) < 4.78 is 11.0. The van der Waals surface area contributed by atoms with Crippen LogP contribution in [0.1, 0.15) is 17.3 Å². The number of anilines is 1. The van der Waals surface area contributed by atoms with Crippen LogP contribution in [-0.2, 0) is 4.79 Å². The van der Waals surface area contributed by atoms with Crippen LogP contribution in [0.5, 0.6) is 11.5 Å². The van der Waals surface area contributed by atoms with Gasteiger partial charge in [0.1, 0.15) is 0 Å². The van der Waals surface area contributed by atoms with Crippen LogP contribution in [0, 0.1) is 0 Å². The molecule has 0 heterocycles. The number of rotatable bonds is 7. The van der Waals surface area contributed by atoms with Crippen LogP contribution in [0.25, 0.3) is 0 Å². The number of carbonyl (C=O) groups excluding carboxylic acids is 2. The highest BCUT2D eigenvalue weighted by Crippen LogP contribution is 2.26. The van der Waals surface area contributed by atoms with E-state index >= 15 is 0 Å². The van der Waals surface area contributed by atoms with Gasteiger partial charge in [0, 0.05) is 25.3 Å². The lowest BCUT2D eigenvalue weighted by Gasteiger charge is -2.13.